The van der Waals surface area contributed by atoms with Gasteiger partial charge in [-0.25, -0.2) is 14.6 Å². The van der Waals surface area contributed by atoms with Crippen LogP contribution >= 0.6 is 0 Å². The highest BCUT2D eigenvalue weighted by atomic mass is 19.1. The molecule has 4 heterocycles. The van der Waals surface area contributed by atoms with Gasteiger partial charge in [0, 0.05) is 6.42 Å². The molecule has 0 spiro atoms. The van der Waals surface area contributed by atoms with Crippen LogP contribution in [0.3, 0.4) is 0 Å². The lowest BCUT2D eigenvalue weighted by atomic mass is 10.0. The van der Waals surface area contributed by atoms with Crippen LogP contribution in [0.5, 0.6) is 0 Å². The van der Waals surface area contributed by atoms with E-state index in [2.05, 4.69) is 19.4 Å². The van der Waals surface area contributed by atoms with Crippen molar-refractivity contribution in [2.45, 2.75) is 44.8 Å². The number of nitrogen functional groups attached to an aromatic ring is 1. The van der Waals surface area contributed by atoms with Gasteiger partial charge in [0.05, 0.1) is 12.9 Å². The van der Waals surface area contributed by atoms with Crippen LogP contribution in [0.1, 0.15) is 31.1 Å². The van der Waals surface area contributed by atoms with Gasteiger partial charge < -0.3 is 33.9 Å². The predicted octanol–water partition coefficient (Wildman–Crippen LogP) is 0.794. The monoisotopic (exact) mass is 439 g/mol. The minimum atomic E-state index is -1.30. The van der Waals surface area contributed by atoms with Crippen molar-refractivity contribution in [2.75, 3.05) is 12.3 Å². The van der Waals surface area contributed by atoms with Crippen molar-refractivity contribution in [3.05, 3.63) is 34.5 Å². The molecule has 14 heteroatoms. The first-order chi connectivity index (χ1) is 14.7. The van der Waals surface area contributed by atoms with Crippen molar-refractivity contribution in [1.29, 1.82) is 0 Å². The van der Waals surface area contributed by atoms with Crippen LogP contribution < -0.4 is 11.6 Å². The Kier molecular flexibility index (Phi) is 5.10. The summed E-state index contributed by atoms with van der Waals surface area (Å²) >= 11 is 0. The highest BCUT2D eigenvalue weighted by Crippen LogP contribution is 2.39. The maximum absolute atomic E-state index is 13.6. The average molecular weight is 439 g/mol. The van der Waals surface area contributed by atoms with Crippen LogP contribution in [0.15, 0.2) is 20.0 Å². The zero-order valence-electron chi connectivity index (χ0n) is 16.4. The molecule has 0 radical (unpaired) electrons. The highest BCUT2D eigenvalue weighted by molar-refractivity contribution is 5.81. The summed E-state index contributed by atoms with van der Waals surface area (Å²) in [5.74, 6) is -0.848. The summed E-state index contributed by atoms with van der Waals surface area (Å²) in [5, 5.41) is 9.82. The Morgan fingerprint density at radius 1 is 1.45 bits per heavy atom. The fourth-order valence-corrected chi connectivity index (χ4v) is 3.25. The molecule has 13 nitrogen and oxygen atoms in total. The Morgan fingerprint density at radius 2 is 2.23 bits per heavy atom. The first kappa shape index (κ1) is 20.7. The van der Waals surface area contributed by atoms with Gasteiger partial charge in [0.15, 0.2) is 35.1 Å². The van der Waals surface area contributed by atoms with Crippen LogP contribution in [0, 0.1) is 13.0 Å². The van der Waals surface area contributed by atoms with E-state index in [0.29, 0.717) is 0 Å². The molecule has 0 unspecified atom stereocenters. The summed E-state index contributed by atoms with van der Waals surface area (Å²) in [6, 6.07) is 0. The molecular weight excluding hydrogens is 421 g/mol. The van der Waals surface area contributed by atoms with Crippen LogP contribution in [-0.2, 0) is 20.8 Å². The summed E-state index contributed by atoms with van der Waals surface area (Å²) in [6.45, 7) is 2.13. The fourth-order valence-electron chi connectivity index (χ4n) is 3.25. The first-order valence-electron chi connectivity index (χ1n) is 9.07. The maximum atomic E-state index is 13.6. The number of anilines is 1. The number of nitrogens with zero attached hydrogens (tertiary/aromatic N) is 4. The smallest absolute Gasteiger partial charge is 0.428 e. The quantitative estimate of drug-likeness (QED) is 0.422. The third-order valence-corrected chi connectivity index (χ3v) is 4.94. The molecule has 0 aliphatic carbocycles. The summed E-state index contributed by atoms with van der Waals surface area (Å²) < 4.78 is 40.6. The van der Waals surface area contributed by atoms with Crippen molar-refractivity contribution in [1.82, 2.24) is 19.5 Å². The van der Waals surface area contributed by atoms with E-state index in [1.165, 1.54) is 24.7 Å². The van der Waals surface area contributed by atoms with Crippen molar-refractivity contribution < 1.29 is 37.3 Å². The number of carbonyl (C=O) groups is 1. The van der Waals surface area contributed by atoms with Crippen molar-refractivity contribution in [3.63, 3.8) is 0 Å². The standard InChI is InChI=1S/C17H18FN5O8/c1-7-8(29-16(26)28-7)4-27-15(25)30-9-3-10(31-17(9,2)5-24)23-6-20-11-12(19)21-14(18)22-13(11)23/h6,9-10,24H,3-5H2,1-2H3,(H2,19,21,22)/t9-,10+,17+/m0/s1. The van der Waals surface area contributed by atoms with Crippen LogP contribution in [0.25, 0.3) is 11.2 Å². The minimum absolute atomic E-state index is 0.0385. The number of aromatic nitrogens is 4. The Morgan fingerprint density at radius 3 is 2.90 bits per heavy atom. The van der Waals surface area contributed by atoms with E-state index in [1.807, 2.05) is 0 Å². The molecule has 0 saturated carbocycles. The van der Waals surface area contributed by atoms with Crippen molar-refractivity contribution in [2.24, 2.45) is 0 Å². The molecule has 3 aromatic rings. The molecule has 0 aromatic carbocycles. The Hall–Kier alpha value is -3.52. The zero-order chi connectivity index (χ0) is 22.3. The molecule has 3 N–H and O–H groups in total. The van der Waals surface area contributed by atoms with E-state index in [-0.39, 0.29) is 41.5 Å². The number of hydrogen-bond acceptors (Lipinski definition) is 12. The molecular formula is C17H18FN5O8. The zero-order valence-corrected chi connectivity index (χ0v) is 16.4. The van der Waals surface area contributed by atoms with E-state index in [9.17, 15) is 19.1 Å². The molecule has 1 aliphatic heterocycles. The van der Waals surface area contributed by atoms with E-state index in [4.69, 9.17) is 24.4 Å². The second-order valence-corrected chi connectivity index (χ2v) is 7.06. The number of ether oxygens (including phenoxy) is 3. The Labute approximate surface area is 172 Å². The van der Waals surface area contributed by atoms with Gasteiger partial charge in [-0.2, -0.15) is 14.4 Å². The van der Waals surface area contributed by atoms with Gasteiger partial charge in [-0.05, 0) is 13.8 Å². The van der Waals surface area contributed by atoms with E-state index >= 15 is 0 Å². The number of aryl methyl sites for hydroxylation is 1. The van der Waals surface area contributed by atoms with Gasteiger partial charge in [-0.15, -0.1) is 0 Å². The largest absolute Gasteiger partial charge is 0.519 e. The number of halogens is 1. The molecule has 0 amide bonds. The fraction of sp³-hybridized carbons (Fsp3) is 0.471. The summed E-state index contributed by atoms with van der Waals surface area (Å²) in [5.41, 5.74) is 4.64. The molecule has 31 heavy (non-hydrogen) atoms. The van der Waals surface area contributed by atoms with Gasteiger partial charge in [-0.3, -0.25) is 4.57 Å². The molecule has 0 bridgehead atoms. The SMILES string of the molecule is Cc1oc(=O)oc1COC(=O)O[C@H]1C[C@H](n2cnc3c(N)nc(F)nc32)O[C@]1(C)CO. The van der Waals surface area contributed by atoms with E-state index in [1.54, 1.807) is 0 Å². The lowest BCUT2D eigenvalue weighted by Crippen LogP contribution is -2.42. The molecule has 3 atom stereocenters. The van der Waals surface area contributed by atoms with Gasteiger partial charge in [0.2, 0.25) is 0 Å². The number of aliphatic hydroxyl groups is 1. The summed E-state index contributed by atoms with van der Waals surface area (Å²) in [4.78, 5) is 34.4. The summed E-state index contributed by atoms with van der Waals surface area (Å²) in [7, 11) is 0. The van der Waals surface area contributed by atoms with Crippen LogP contribution in [-0.4, -0.2) is 49.1 Å². The molecule has 1 aliphatic rings. The number of aliphatic hydroxyl groups excluding tert-OH is 1. The van der Waals surface area contributed by atoms with Crippen LogP contribution in [0.2, 0.25) is 0 Å². The third kappa shape index (κ3) is 3.82. The van der Waals surface area contributed by atoms with Gasteiger partial charge in [-0.1, -0.05) is 0 Å². The molecule has 1 saturated heterocycles. The topological polar surface area (TPSA) is 178 Å². The van der Waals surface area contributed by atoms with Gasteiger partial charge in [0.1, 0.15) is 17.9 Å². The predicted molar refractivity (Wildman–Crippen MR) is 97.0 cm³/mol. The maximum Gasteiger partial charge on any atom is 0.519 e. The van der Waals surface area contributed by atoms with Gasteiger partial charge in [0.25, 0.3) is 0 Å². The highest BCUT2D eigenvalue weighted by Gasteiger charge is 2.49. The van der Waals surface area contributed by atoms with Crippen molar-refractivity contribution in [3.8, 4) is 0 Å². The van der Waals surface area contributed by atoms with E-state index < -0.39 is 42.6 Å². The number of hydrogen-bond donors (Lipinski definition) is 2. The van der Waals surface area contributed by atoms with Crippen molar-refractivity contribution >= 4 is 23.1 Å². The first-order valence-corrected chi connectivity index (χ1v) is 9.07. The number of nitrogens with two attached hydrogens (primary N) is 1. The Bertz CT molecular complexity index is 1190. The molecule has 1 fully saturated rings. The second-order valence-electron chi connectivity index (χ2n) is 7.06. The average Bonchev–Trinajstić information content (AvgIpc) is 3.36. The number of fused-ring (bicyclic) bond motifs is 1. The lowest BCUT2D eigenvalue weighted by Gasteiger charge is -2.27. The molecule has 166 valence electrons. The summed E-state index contributed by atoms with van der Waals surface area (Å²) in [6.07, 6.45) is -2.44. The minimum Gasteiger partial charge on any atom is -0.428 e. The number of imidazole rings is 1. The normalized spacial score (nSPS) is 23.4. The second kappa shape index (κ2) is 7.63. The van der Waals surface area contributed by atoms with Crippen LogP contribution in [0.4, 0.5) is 15.0 Å². The molecule has 3 aromatic heterocycles. The van der Waals surface area contributed by atoms with E-state index in [0.717, 1.165) is 0 Å². The number of carbonyl (C=O) groups excluding carboxylic acids is 1. The molecule has 4 rings (SSSR count). The van der Waals surface area contributed by atoms with Gasteiger partial charge >= 0.3 is 18.1 Å². The third-order valence-electron chi connectivity index (χ3n) is 4.94. The lowest BCUT2D eigenvalue weighted by molar-refractivity contribution is -0.122. The number of rotatable bonds is 5. The Balaban J connectivity index is 1.49.